The maximum atomic E-state index is 2.41. The average Bonchev–Trinajstić information content (AvgIpc) is 3.47. The van der Waals surface area contributed by atoms with Gasteiger partial charge in [-0.25, -0.2) is 0 Å². The van der Waals surface area contributed by atoms with Gasteiger partial charge in [0.2, 0.25) is 0 Å². The molecule has 0 spiro atoms. The van der Waals surface area contributed by atoms with E-state index in [4.69, 9.17) is 0 Å². The van der Waals surface area contributed by atoms with Gasteiger partial charge in [0, 0.05) is 17.1 Å². The van der Waals surface area contributed by atoms with Gasteiger partial charge >= 0.3 is 0 Å². The van der Waals surface area contributed by atoms with Gasteiger partial charge in [0.05, 0.1) is 0 Å². The molecule has 3 aliphatic carbocycles. The maximum absolute atomic E-state index is 2.41. The minimum absolute atomic E-state index is 1.11. The molecule has 1 nitrogen and oxygen atoms in total. The molecule has 1 heteroatoms. The van der Waals surface area contributed by atoms with Crippen LogP contribution in [0.15, 0.2) is 218 Å². The zero-order valence-electron chi connectivity index (χ0n) is 41.9. The van der Waals surface area contributed by atoms with Crippen LogP contribution in [0.25, 0.3) is 34.9 Å². The van der Waals surface area contributed by atoms with Gasteiger partial charge in [-0.3, -0.25) is 0 Å². The lowest BCUT2D eigenvalue weighted by molar-refractivity contribution is 0.684. The second-order valence-corrected chi connectivity index (χ2v) is 20.3. The van der Waals surface area contributed by atoms with Gasteiger partial charge in [-0.2, -0.15) is 0 Å². The fourth-order valence-corrected chi connectivity index (χ4v) is 12.0. The van der Waals surface area contributed by atoms with E-state index in [0.717, 1.165) is 55.6 Å². The van der Waals surface area contributed by atoms with E-state index in [1.165, 1.54) is 139 Å². The Morgan fingerprint density at radius 2 is 0.534 bits per heavy atom. The van der Waals surface area contributed by atoms with Crippen LogP contribution < -0.4 is 4.90 Å². The minimum atomic E-state index is 1.11. The molecule has 0 saturated heterocycles. The van der Waals surface area contributed by atoms with Crippen LogP contribution in [0.3, 0.4) is 0 Å². The molecule has 0 N–H and O–H groups in total. The van der Waals surface area contributed by atoms with Crippen molar-refractivity contribution in [1.82, 2.24) is 0 Å². The Morgan fingerprint density at radius 3 is 0.822 bits per heavy atom. The summed E-state index contributed by atoms with van der Waals surface area (Å²) >= 11 is 0. The number of benzene rings is 9. The number of hydrogen-bond acceptors (Lipinski definition) is 1. The van der Waals surface area contributed by atoms with Crippen LogP contribution in [0.4, 0.5) is 17.1 Å². The highest BCUT2D eigenvalue weighted by atomic mass is 15.1. The SMILES string of the molecule is C(=C(c1ccccc1)c1cccc2c1CCCC2)c1ccc(N(c2ccc(C=C(c3ccccc3)c3cccc4c3CCCC4)cc2)c2ccc(C=C(c3ccccc3)c3cccc4c3CCCC4)cc2)cc1. The molecule has 0 amide bonds. The summed E-state index contributed by atoms with van der Waals surface area (Å²) in [4.78, 5) is 2.41. The number of anilines is 3. The highest BCUT2D eigenvalue weighted by Crippen LogP contribution is 2.40. The first-order valence-electron chi connectivity index (χ1n) is 27.0. The van der Waals surface area contributed by atoms with Gasteiger partial charge in [-0.15, -0.1) is 0 Å². The van der Waals surface area contributed by atoms with Crippen molar-refractivity contribution in [3.8, 4) is 0 Å². The molecule has 0 radical (unpaired) electrons. The van der Waals surface area contributed by atoms with Crippen molar-refractivity contribution in [3.05, 3.63) is 302 Å². The Hall–Kier alpha value is -8.00. The number of fused-ring (bicyclic) bond motifs is 3. The molecule has 12 rings (SSSR count). The molecule has 0 fully saturated rings. The largest absolute Gasteiger partial charge is 0.311 e. The number of nitrogens with zero attached hydrogens (tertiary/aromatic N) is 1. The topological polar surface area (TPSA) is 3.24 Å². The fraction of sp³-hybridized carbons (Fsp3) is 0.167. The summed E-state index contributed by atoms with van der Waals surface area (Å²) in [5.74, 6) is 0. The van der Waals surface area contributed by atoms with Crippen LogP contribution in [-0.2, 0) is 38.5 Å². The van der Waals surface area contributed by atoms with Crippen molar-refractivity contribution < 1.29 is 0 Å². The molecule has 0 bridgehead atoms. The van der Waals surface area contributed by atoms with Gasteiger partial charge in [0.25, 0.3) is 0 Å². The molecule has 9 aromatic rings. The molecular weight excluding hydrogens is 879 g/mol. The monoisotopic (exact) mass is 941 g/mol. The van der Waals surface area contributed by atoms with Crippen molar-refractivity contribution in [2.24, 2.45) is 0 Å². The van der Waals surface area contributed by atoms with Crippen molar-refractivity contribution in [2.75, 3.05) is 4.90 Å². The summed E-state index contributed by atoms with van der Waals surface area (Å²) in [6.07, 6.45) is 21.6. The Labute approximate surface area is 433 Å². The first kappa shape index (κ1) is 46.1. The van der Waals surface area contributed by atoms with E-state index in [9.17, 15) is 0 Å². The van der Waals surface area contributed by atoms with Gasteiger partial charge in [0.1, 0.15) is 0 Å². The van der Waals surface area contributed by atoms with E-state index in [1.807, 2.05) is 0 Å². The predicted octanol–water partition coefficient (Wildman–Crippen LogP) is 18.6. The van der Waals surface area contributed by atoms with E-state index in [2.05, 4.69) is 242 Å². The van der Waals surface area contributed by atoms with Crippen LogP contribution in [0.5, 0.6) is 0 Å². The van der Waals surface area contributed by atoms with Gasteiger partial charge in [0.15, 0.2) is 0 Å². The lowest BCUT2D eigenvalue weighted by Crippen LogP contribution is -2.10. The molecule has 73 heavy (non-hydrogen) atoms. The molecule has 0 atom stereocenters. The molecule has 0 aromatic heterocycles. The standard InChI is InChI=1S/C72H63N/c1-4-19-58(20-5-1)70(67-34-16-28-55-25-10-13-31-64(55)67)49-52-37-43-61(44-38-52)73(62-45-39-53(40-46-62)50-71(59-21-6-2-7-22-59)68-35-17-29-56-26-11-14-32-65(56)68)63-47-41-54(42-48-63)51-72(60-23-8-3-9-24-60)69-36-18-30-57-27-12-15-33-66(57)69/h1-9,16-24,28-30,34-51H,10-15,25-27,31-33H2. The van der Waals surface area contributed by atoms with Crippen LogP contribution in [0, 0.1) is 0 Å². The maximum Gasteiger partial charge on any atom is 0.0462 e. The molecule has 0 unspecified atom stereocenters. The second kappa shape index (κ2) is 21.4. The molecule has 0 aliphatic heterocycles. The van der Waals surface area contributed by atoms with Gasteiger partial charge < -0.3 is 4.90 Å². The Bertz CT molecular complexity index is 3080. The summed E-state index contributed by atoms with van der Waals surface area (Å²) < 4.78 is 0. The van der Waals surface area contributed by atoms with Crippen LogP contribution >= 0.6 is 0 Å². The van der Waals surface area contributed by atoms with Gasteiger partial charge in [-0.05, 0) is 232 Å². The summed E-state index contributed by atoms with van der Waals surface area (Å²) in [6.45, 7) is 0. The van der Waals surface area contributed by atoms with E-state index in [-0.39, 0.29) is 0 Å². The zero-order valence-corrected chi connectivity index (χ0v) is 41.9. The first-order valence-corrected chi connectivity index (χ1v) is 27.0. The van der Waals surface area contributed by atoms with E-state index >= 15 is 0 Å². The number of aryl methyl sites for hydroxylation is 3. The Kier molecular flexibility index (Phi) is 13.5. The Balaban J connectivity index is 0.942. The third kappa shape index (κ3) is 9.98. The molecule has 9 aromatic carbocycles. The van der Waals surface area contributed by atoms with E-state index < -0.39 is 0 Å². The summed E-state index contributed by atoms with van der Waals surface area (Å²) in [6, 6.07) is 81.3. The average molecular weight is 942 g/mol. The van der Waals surface area contributed by atoms with E-state index in [1.54, 1.807) is 0 Å². The zero-order chi connectivity index (χ0) is 48.8. The van der Waals surface area contributed by atoms with Crippen LogP contribution in [0.2, 0.25) is 0 Å². The lowest BCUT2D eigenvalue weighted by atomic mass is 9.83. The van der Waals surface area contributed by atoms with Crippen LogP contribution in [0.1, 0.15) is 122 Å². The van der Waals surface area contributed by atoms with Crippen LogP contribution in [-0.4, -0.2) is 0 Å². The first-order chi connectivity index (χ1) is 36.2. The predicted molar refractivity (Wildman–Crippen MR) is 311 cm³/mol. The summed E-state index contributed by atoms with van der Waals surface area (Å²) in [5, 5.41) is 0. The number of rotatable bonds is 12. The third-order valence-corrected chi connectivity index (χ3v) is 15.7. The Morgan fingerprint density at radius 1 is 0.260 bits per heavy atom. The highest BCUT2D eigenvalue weighted by molar-refractivity contribution is 5.96. The summed E-state index contributed by atoms with van der Waals surface area (Å²) in [7, 11) is 0. The summed E-state index contributed by atoms with van der Waals surface area (Å²) in [5.41, 5.74) is 27.7. The minimum Gasteiger partial charge on any atom is -0.311 e. The van der Waals surface area contributed by atoms with E-state index in [0.29, 0.717) is 0 Å². The fourth-order valence-electron chi connectivity index (χ4n) is 12.0. The molecular formula is C72H63N. The van der Waals surface area contributed by atoms with Crippen molar-refractivity contribution >= 4 is 52.0 Å². The smallest absolute Gasteiger partial charge is 0.0462 e. The molecule has 0 saturated carbocycles. The second-order valence-electron chi connectivity index (χ2n) is 20.3. The van der Waals surface area contributed by atoms with Gasteiger partial charge in [-0.1, -0.05) is 182 Å². The van der Waals surface area contributed by atoms with Crippen molar-refractivity contribution in [3.63, 3.8) is 0 Å². The quantitative estimate of drug-likeness (QED) is 0.110. The molecule has 0 heterocycles. The highest BCUT2D eigenvalue weighted by Gasteiger charge is 2.21. The normalized spacial score (nSPS) is 14.7. The molecule has 356 valence electrons. The van der Waals surface area contributed by atoms with Crippen molar-refractivity contribution in [2.45, 2.75) is 77.0 Å². The number of hydrogen-bond donors (Lipinski definition) is 0. The third-order valence-electron chi connectivity index (χ3n) is 15.7. The lowest BCUT2D eigenvalue weighted by Gasteiger charge is -2.26. The van der Waals surface area contributed by atoms with Crippen molar-refractivity contribution in [1.29, 1.82) is 0 Å². The molecule has 3 aliphatic rings.